The third-order valence-corrected chi connectivity index (χ3v) is 6.00. The average molecular weight is 364 g/mol. The number of hydrogen-bond donors (Lipinski definition) is 2. The van der Waals surface area contributed by atoms with Crippen molar-refractivity contribution in [2.24, 2.45) is 5.92 Å². The number of nitrogens with zero attached hydrogens (tertiary/aromatic N) is 2. The Balaban J connectivity index is 1.35. The molecule has 1 aliphatic carbocycles. The molecule has 1 aliphatic heterocycles. The summed E-state index contributed by atoms with van der Waals surface area (Å²) in [6, 6.07) is 10.2. The Bertz CT molecular complexity index is 800. The van der Waals surface area contributed by atoms with E-state index in [4.69, 9.17) is 5.73 Å². The number of carbonyl (C=O) groups excluding carboxylic acids is 1. The lowest BCUT2D eigenvalue weighted by Gasteiger charge is -2.23. The topological polar surface area (TPSA) is 71.2 Å². The molecule has 1 atom stereocenters. The molecule has 2 aliphatic rings. The Labute approximate surface area is 161 Å². The van der Waals surface area contributed by atoms with E-state index in [9.17, 15) is 4.79 Å². The first kappa shape index (κ1) is 18.0. The maximum absolute atomic E-state index is 12.6. The lowest BCUT2D eigenvalue weighted by atomic mass is 10.0. The molecule has 0 radical (unpaired) electrons. The minimum absolute atomic E-state index is 0.0152. The van der Waals surface area contributed by atoms with Crippen molar-refractivity contribution >= 4 is 11.6 Å². The lowest BCUT2D eigenvalue weighted by Crippen LogP contribution is -2.34. The SMILES string of the molecule is Nc1ccncc1-c1cccc(C(=O)NC[C@@H]2CCN(C3CCCC3)C2)c1. The fourth-order valence-corrected chi connectivity index (χ4v) is 4.44. The predicted octanol–water partition coefficient (Wildman–Crippen LogP) is 3.33. The fourth-order valence-electron chi connectivity index (χ4n) is 4.44. The molecule has 0 unspecified atom stereocenters. The zero-order valence-corrected chi connectivity index (χ0v) is 15.7. The molecule has 142 valence electrons. The Kier molecular flexibility index (Phi) is 5.39. The van der Waals surface area contributed by atoms with Gasteiger partial charge in [-0.2, -0.15) is 0 Å². The number of anilines is 1. The zero-order chi connectivity index (χ0) is 18.6. The standard InChI is InChI=1S/C22H28N4O/c23-21-8-10-24-14-20(21)17-4-3-5-18(12-17)22(27)25-13-16-9-11-26(15-16)19-6-1-2-7-19/h3-5,8,10,12,14,16,19H,1-2,6-7,9,11,13,15H2,(H2,23,24)(H,25,27)/t16-/m0/s1. The fraction of sp³-hybridized carbons (Fsp3) is 0.455. The van der Waals surface area contributed by atoms with Crippen molar-refractivity contribution in [3.63, 3.8) is 0 Å². The van der Waals surface area contributed by atoms with E-state index in [2.05, 4.69) is 15.2 Å². The van der Waals surface area contributed by atoms with Gasteiger partial charge in [0.2, 0.25) is 0 Å². The highest BCUT2D eigenvalue weighted by Crippen LogP contribution is 2.28. The molecule has 3 N–H and O–H groups in total. The van der Waals surface area contributed by atoms with Gasteiger partial charge in [0.25, 0.3) is 5.91 Å². The molecule has 2 heterocycles. The van der Waals surface area contributed by atoms with Crippen molar-refractivity contribution in [1.29, 1.82) is 0 Å². The summed E-state index contributed by atoms with van der Waals surface area (Å²) in [7, 11) is 0. The van der Waals surface area contributed by atoms with Crippen molar-refractivity contribution in [1.82, 2.24) is 15.2 Å². The number of aromatic nitrogens is 1. The molecule has 2 fully saturated rings. The molecule has 0 bridgehead atoms. The van der Waals surface area contributed by atoms with E-state index in [-0.39, 0.29) is 5.91 Å². The van der Waals surface area contributed by atoms with Crippen LogP contribution in [0.1, 0.15) is 42.5 Å². The highest BCUT2D eigenvalue weighted by Gasteiger charge is 2.29. The third kappa shape index (κ3) is 4.14. The van der Waals surface area contributed by atoms with Gasteiger partial charge in [0.15, 0.2) is 0 Å². The molecule has 5 nitrogen and oxygen atoms in total. The monoisotopic (exact) mass is 364 g/mol. The molecule has 1 saturated heterocycles. The van der Waals surface area contributed by atoms with Crippen LogP contribution in [0.3, 0.4) is 0 Å². The Morgan fingerprint density at radius 2 is 2.07 bits per heavy atom. The Morgan fingerprint density at radius 1 is 1.22 bits per heavy atom. The normalized spacial score (nSPS) is 20.8. The predicted molar refractivity (Wildman–Crippen MR) is 108 cm³/mol. The van der Waals surface area contributed by atoms with Gasteiger partial charge in [-0.1, -0.05) is 25.0 Å². The first-order valence-corrected chi connectivity index (χ1v) is 10.0. The first-order valence-electron chi connectivity index (χ1n) is 10.0. The molecule has 5 heteroatoms. The molecule has 1 aromatic heterocycles. The van der Waals surface area contributed by atoms with Crippen molar-refractivity contribution in [2.75, 3.05) is 25.4 Å². The van der Waals surface area contributed by atoms with E-state index in [0.29, 0.717) is 17.2 Å². The Hall–Kier alpha value is -2.40. The maximum atomic E-state index is 12.6. The van der Waals surface area contributed by atoms with Gasteiger partial charge in [-0.3, -0.25) is 9.78 Å². The number of hydrogen-bond acceptors (Lipinski definition) is 4. The highest BCUT2D eigenvalue weighted by molar-refractivity contribution is 5.95. The van der Waals surface area contributed by atoms with Gasteiger partial charge in [0.05, 0.1) is 0 Å². The van der Waals surface area contributed by atoms with E-state index in [1.165, 1.54) is 38.6 Å². The van der Waals surface area contributed by atoms with E-state index in [0.717, 1.165) is 30.3 Å². The largest absolute Gasteiger partial charge is 0.398 e. The van der Waals surface area contributed by atoms with Crippen LogP contribution in [0.2, 0.25) is 0 Å². The molecule has 27 heavy (non-hydrogen) atoms. The minimum atomic E-state index is -0.0152. The second-order valence-electron chi connectivity index (χ2n) is 7.84. The maximum Gasteiger partial charge on any atom is 0.251 e. The second kappa shape index (κ2) is 8.09. The van der Waals surface area contributed by atoms with Gasteiger partial charge in [-0.25, -0.2) is 0 Å². The molecule has 1 aromatic carbocycles. The summed E-state index contributed by atoms with van der Waals surface area (Å²) in [5.41, 5.74) is 9.15. The van der Waals surface area contributed by atoms with Gasteiger partial charge in [-0.15, -0.1) is 0 Å². The zero-order valence-electron chi connectivity index (χ0n) is 15.7. The summed E-state index contributed by atoms with van der Waals surface area (Å²) >= 11 is 0. The molecule has 1 saturated carbocycles. The number of carbonyl (C=O) groups is 1. The van der Waals surface area contributed by atoms with Gasteiger partial charge in [0, 0.05) is 48.3 Å². The summed E-state index contributed by atoms with van der Waals surface area (Å²) in [5.74, 6) is 0.547. The number of benzene rings is 1. The number of rotatable bonds is 5. The number of likely N-dealkylation sites (tertiary alicyclic amines) is 1. The summed E-state index contributed by atoms with van der Waals surface area (Å²) in [6.07, 6.45) is 10.0. The molecule has 0 spiro atoms. The van der Waals surface area contributed by atoms with Crippen molar-refractivity contribution < 1.29 is 4.79 Å². The summed E-state index contributed by atoms with van der Waals surface area (Å²) in [5, 5.41) is 3.13. The molecule has 2 aromatic rings. The van der Waals surface area contributed by atoms with Crippen LogP contribution in [-0.4, -0.2) is 41.5 Å². The highest BCUT2D eigenvalue weighted by atomic mass is 16.1. The van der Waals surface area contributed by atoms with Crippen molar-refractivity contribution in [2.45, 2.75) is 38.1 Å². The van der Waals surface area contributed by atoms with Gasteiger partial charge in [-0.05, 0) is 55.5 Å². The summed E-state index contributed by atoms with van der Waals surface area (Å²) in [6.45, 7) is 3.06. The van der Waals surface area contributed by atoms with Crippen LogP contribution in [0, 0.1) is 5.92 Å². The molecule has 4 rings (SSSR count). The molecular weight excluding hydrogens is 336 g/mol. The van der Waals surface area contributed by atoms with Crippen LogP contribution in [-0.2, 0) is 0 Å². The van der Waals surface area contributed by atoms with Crippen molar-refractivity contribution in [3.05, 3.63) is 48.3 Å². The van der Waals surface area contributed by atoms with E-state index >= 15 is 0 Å². The average Bonchev–Trinajstić information content (AvgIpc) is 3.38. The quantitative estimate of drug-likeness (QED) is 0.854. The lowest BCUT2D eigenvalue weighted by molar-refractivity contribution is 0.0947. The van der Waals surface area contributed by atoms with Crippen LogP contribution in [0.5, 0.6) is 0 Å². The second-order valence-corrected chi connectivity index (χ2v) is 7.84. The van der Waals surface area contributed by atoms with E-state index in [1.54, 1.807) is 18.5 Å². The van der Waals surface area contributed by atoms with Crippen molar-refractivity contribution in [3.8, 4) is 11.1 Å². The number of pyridine rings is 1. The van der Waals surface area contributed by atoms with Crippen LogP contribution in [0.15, 0.2) is 42.7 Å². The van der Waals surface area contributed by atoms with E-state index in [1.807, 2.05) is 24.3 Å². The molecular formula is C22H28N4O. The van der Waals surface area contributed by atoms with Gasteiger partial charge < -0.3 is 16.0 Å². The smallest absolute Gasteiger partial charge is 0.251 e. The van der Waals surface area contributed by atoms with Crippen LogP contribution in [0.25, 0.3) is 11.1 Å². The minimum Gasteiger partial charge on any atom is -0.398 e. The first-order chi connectivity index (χ1) is 13.2. The van der Waals surface area contributed by atoms with Gasteiger partial charge >= 0.3 is 0 Å². The van der Waals surface area contributed by atoms with Gasteiger partial charge in [0.1, 0.15) is 0 Å². The van der Waals surface area contributed by atoms with E-state index < -0.39 is 0 Å². The number of nitrogens with two attached hydrogens (primary N) is 1. The number of nitrogen functional groups attached to an aromatic ring is 1. The third-order valence-electron chi connectivity index (χ3n) is 6.00. The van der Waals surface area contributed by atoms with Crippen LogP contribution in [0.4, 0.5) is 5.69 Å². The number of amides is 1. The Morgan fingerprint density at radius 3 is 2.89 bits per heavy atom. The van der Waals surface area contributed by atoms with Crippen LogP contribution < -0.4 is 11.1 Å². The molecule has 1 amide bonds. The summed E-state index contributed by atoms with van der Waals surface area (Å²) < 4.78 is 0. The number of nitrogens with one attached hydrogen (secondary N) is 1. The summed E-state index contributed by atoms with van der Waals surface area (Å²) in [4.78, 5) is 19.4. The van der Waals surface area contributed by atoms with Crippen LogP contribution >= 0.6 is 0 Å².